The van der Waals surface area contributed by atoms with Crippen molar-refractivity contribution in [2.75, 3.05) is 6.54 Å². The summed E-state index contributed by atoms with van der Waals surface area (Å²) in [7, 11) is 0. The Hall–Kier alpha value is -2.10. The van der Waals surface area contributed by atoms with Gasteiger partial charge in [-0.05, 0) is 44.6 Å². The Bertz CT molecular complexity index is 786. The lowest BCUT2D eigenvalue weighted by atomic mass is 9.95. The van der Waals surface area contributed by atoms with Crippen LogP contribution >= 0.6 is 0 Å². The van der Waals surface area contributed by atoms with Crippen molar-refractivity contribution in [3.63, 3.8) is 0 Å². The van der Waals surface area contributed by atoms with Crippen LogP contribution in [-0.4, -0.2) is 34.2 Å². The fourth-order valence-electron chi connectivity index (χ4n) is 4.68. The van der Waals surface area contributed by atoms with Gasteiger partial charge in [0.2, 0.25) is 0 Å². The number of aryl methyl sites for hydroxylation is 1. The second-order valence-electron chi connectivity index (χ2n) is 7.25. The van der Waals surface area contributed by atoms with Gasteiger partial charge < -0.3 is 9.88 Å². The number of aromatic amines is 1. The molecule has 1 aliphatic carbocycles. The smallest absolute Gasteiger partial charge is 0.295 e. The van der Waals surface area contributed by atoms with Gasteiger partial charge in [-0.1, -0.05) is 31.0 Å². The molecule has 0 spiro atoms. The van der Waals surface area contributed by atoms with Gasteiger partial charge in [0.15, 0.2) is 0 Å². The van der Waals surface area contributed by atoms with Crippen molar-refractivity contribution in [2.24, 2.45) is 5.92 Å². The third kappa shape index (κ3) is 2.45. The molecule has 2 fully saturated rings. The van der Waals surface area contributed by atoms with E-state index >= 15 is 0 Å². The van der Waals surface area contributed by atoms with Gasteiger partial charge in [0, 0.05) is 29.2 Å². The third-order valence-electron chi connectivity index (χ3n) is 5.82. The summed E-state index contributed by atoms with van der Waals surface area (Å²) in [6.45, 7) is 2.60. The Morgan fingerprint density at radius 1 is 1.08 bits per heavy atom. The molecule has 2 aromatic rings. The van der Waals surface area contributed by atoms with Gasteiger partial charge >= 0.3 is 0 Å². The van der Waals surface area contributed by atoms with E-state index in [0.29, 0.717) is 11.5 Å². The van der Waals surface area contributed by atoms with E-state index in [1.165, 1.54) is 25.7 Å². The lowest BCUT2D eigenvalue weighted by Gasteiger charge is -2.29. The largest absolute Gasteiger partial charge is 0.358 e. The number of para-hydroxylation sites is 1. The number of likely N-dealkylation sites (tertiary alicyclic amines) is 1. The van der Waals surface area contributed by atoms with Crippen LogP contribution in [0.3, 0.4) is 0 Å². The highest BCUT2D eigenvalue weighted by molar-refractivity contribution is 6.45. The van der Waals surface area contributed by atoms with Gasteiger partial charge in [-0.3, -0.25) is 9.59 Å². The van der Waals surface area contributed by atoms with Crippen molar-refractivity contribution in [3.05, 3.63) is 35.5 Å². The van der Waals surface area contributed by atoms with Crippen LogP contribution < -0.4 is 0 Å². The fourth-order valence-corrected chi connectivity index (χ4v) is 4.68. The number of ketones is 1. The van der Waals surface area contributed by atoms with E-state index in [9.17, 15) is 9.59 Å². The molecular weight excluding hydrogens is 300 g/mol. The molecule has 2 heterocycles. The number of H-pyrrole nitrogens is 1. The van der Waals surface area contributed by atoms with Crippen molar-refractivity contribution < 1.29 is 9.59 Å². The van der Waals surface area contributed by atoms with E-state index in [-0.39, 0.29) is 17.7 Å². The molecule has 1 aromatic carbocycles. The first-order valence-electron chi connectivity index (χ1n) is 9.09. The van der Waals surface area contributed by atoms with E-state index in [0.717, 1.165) is 36.0 Å². The van der Waals surface area contributed by atoms with Crippen LogP contribution in [0.4, 0.5) is 0 Å². The summed E-state index contributed by atoms with van der Waals surface area (Å²) in [4.78, 5) is 31.0. The van der Waals surface area contributed by atoms with Crippen molar-refractivity contribution in [1.82, 2.24) is 9.88 Å². The number of hydrogen-bond acceptors (Lipinski definition) is 2. The molecule has 0 bridgehead atoms. The van der Waals surface area contributed by atoms with E-state index in [4.69, 9.17) is 0 Å². The van der Waals surface area contributed by atoms with Crippen molar-refractivity contribution in [1.29, 1.82) is 0 Å². The zero-order valence-electron chi connectivity index (χ0n) is 14.2. The third-order valence-corrected chi connectivity index (χ3v) is 5.82. The molecular formula is C20H24N2O2. The average molecular weight is 324 g/mol. The maximum Gasteiger partial charge on any atom is 0.295 e. The predicted octanol–water partition coefficient (Wildman–Crippen LogP) is 3.84. The maximum absolute atomic E-state index is 13.0. The first-order chi connectivity index (χ1) is 11.7. The van der Waals surface area contributed by atoms with E-state index in [2.05, 4.69) is 4.98 Å². The second-order valence-corrected chi connectivity index (χ2v) is 7.25. The zero-order chi connectivity index (χ0) is 16.7. The van der Waals surface area contributed by atoms with Crippen molar-refractivity contribution in [3.8, 4) is 0 Å². The topological polar surface area (TPSA) is 53.2 Å². The molecule has 0 radical (unpaired) electrons. The molecule has 1 unspecified atom stereocenters. The molecule has 126 valence electrons. The molecule has 4 heteroatoms. The average Bonchev–Trinajstić information content (AvgIpc) is 3.31. The highest BCUT2D eigenvalue weighted by Crippen LogP contribution is 2.36. The number of carbonyl (C=O) groups is 2. The number of fused-ring (bicyclic) bond motifs is 1. The number of nitrogens with one attached hydrogen (secondary N) is 1. The Balaban J connectivity index is 1.63. The van der Waals surface area contributed by atoms with Crippen molar-refractivity contribution in [2.45, 2.75) is 51.5 Å². The van der Waals surface area contributed by atoms with Gasteiger partial charge in [0.25, 0.3) is 11.7 Å². The highest BCUT2D eigenvalue weighted by Gasteiger charge is 2.39. The quantitative estimate of drug-likeness (QED) is 0.689. The van der Waals surface area contributed by atoms with Gasteiger partial charge in [-0.15, -0.1) is 0 Å². The summed E-state index contributed by atoms with van der Waals surface area (Å²) in [5.74, 6) is -0.0691. The minimum absolute atomic E-state index is 0.273. The summed E-state index contributed by atoms with van der Waals surface area (Å²) in [5.41, 5.74) is 2.25. The van der Waals surface area contributed by atoms with Crippen LogP contribution in [0.1, 0.15) is 54.6 Å². The number of nitrogens with zero attached hydrogens (tertiary/aromatic N) is 1. The molecule has 1 atom stereocenters. The predicted molar refractivity (Wildman–Crippen MR) is 94.1 cm³/mol. The standard InChI is InChI=1S/C20H24N2O2/c1-13-18(15-9-4-5-10-16(15)21-13)19(23)20(24)22-12-6-11-17(22)14-7-2-3-8-14/h4-5,9-10,14,17,21H,2-3,6-8,11-12H2,1H3. The van der Waals surface area contributed by atoms with Crippen molar-refractivity contribution >= 4 is 22.6 Å². The molecule has 4 nitrogen and oxygen atoms in total. The molecule has 4 rings (SSSR count). The first kappa shape index (κ1) is 15.4. The highest BCUT2D eigenvalue weighted by atomic mass is 16.2. The molecule has 1 aliphatic heterocycles. The van der Waals surface area contributed by atoms with Crippen LogP contribution in [-0.2, 0) is 4.79 Å². The minimum Gasteiger partial charge on any atom is -0.358 e. The molecule has 1 saturated heterocycles. The van der Waals surface area contributed by atoms with Gasteiger partial charge in [-0.25, -0.2) is 0 Å². The van der Waals surface area contributed by atoms with Gasteiger partial charge in [0.05, 0.1) is 5.56 Å². The number of amides is 1. The summed E-state index contributed by atoms with van der Waals surface area (Å²) in [6.07, 6.45) is 7.00. The second kappa shape index (κ2) is 6.08. The Morgan fingerprint density at radius 2 is 1.83 bits per heavy atom. The number of benzene rings is 1. The van der Waals surface area contributed by atoms with Crippen LogP contribution in [0, 0.1) is 12.8 Å². The monoisotopic (exact) mass is 324 g/mol. The number of Topliss-reactive ketones (excluding diaryl/α,β-unsaturated/α-hetero) is 1. The summed E-state index contributed by atoms with van der Waals surface area (Å²) in [6, 6.07) is 7.98. The van der Waals surface area contributed by atoms with Gasteiger partial charge in [0.1, 0.15) is 0 Å². The van der Waals surface area contributed by atoms with Crippen LogP contribution in [0.5, 0.6) is 0 Å². The number of aromatic nitrogens is 1. The Morgan fingerprint density at radius 3 is 2.62 bits per heavy atom. The number of carbonyl (C=O) groups excluding carboxylic acids is 2. The molecule has 2 aliphatic rings. The maximum atomic E-state index is 13.0. The number of hydrogen-bond donors (Lipinski definition) is 1. The van der Waals surface area contributed by atoms with E-state index < -0.39 is 0 Å². The molecule has 1 aromatic heterocycles. The molecule has 1 amide bonds. The van der Waals surface area contributed by atoms with Crippen LogP contribution in [0.15, 0.2) is 24.3 Å². The van der Waals surface area contributed by atoms with Crippen LogP contribution in [0.25, 0.3) is 10.9 Å². The number of rotatable bonds is 3. The zero-order valence-corrected chi connectivity index (χ0v) is 14.2. The summed E-state index contributed by atoms with van der Waals surface area (Å²) >= 11 is 0. The normalized spacial score (nSPS) is 21.7. The SMILES string of the molecule is Cc1[nH]c2ccccc2c1C(=O)C(=O)N1CCCC1C1CCCC1. The Labute approximate surface area is 142 Å². The molecule has 1 N–H and O–H groups in total. The van der Waals surface area contributed by atoms with Crippen LogP contribution in [0.2, 0.25) is 0 Å². The summed E-state index contributed by atoms with van der Waals surface area (Å²) in [5, 5.41) is 0.852. The lowest BCUT2D eigenvalue weighted by molar-refractivity contribution is -0.128. The Kier molecular flexibility index (Phi) is 3.91. The lowest BCUT2D eigenvalue weighted by Crippen LogP contribution is -2.43. The summed E-state index contributed by atoms with van der Waals surface area (Å²) < 4.78 is 0. The van der Waals surface area contributed by atoms with Gasteiger partial charge in [-0.2, -0.15) is 0 Å². The van der Waals surface area contributed by atoms with E-state index in [1.807, 2.05) is 36.1 Å². The molecule has 24 heavy (non-hydrogen) atoms. The van der Waals surface area contributed by atoms with E-state index in [1.54, 1.807) is 0 Å². The fraction of sp³-hybridized carbons (Fsp3) is 0.500. The minimum atomic E-state index is -0.352. The molecule has 1 saturated carbocycles. The first-order valence-corrected chi connectivity index (χ1v) is 9.09.